The van der Waals surface area contributed by atoms with Gasteiger partial charge in [0, 0.05) is 19.2 Å². The summed E-state index contributed by atoms with van der Waals surface area (Å²) < 4.78 is 10.3. The number of amides is 1. The lowest BCUT2D eigenvalue weighted by molar-refractivity contribution is 0.0648. The Morgan fingerprint density at radius 2 is 2.12 bits per heavy atom. The number of nitrogens with one attached hydrogen (secondary N) is 1. The molecule has 1 amide bonds. The summed E-state index contributed by atoms with van der Waals surface area (Å²) in [7, 11) is 1.57. The van der Waals surface area contributed by atoms with Gasteiger partial charge in [0.15, 0.2) is 5.76 Å². The van der Waals surface area contributed by atoms with Gasteiger partial charge in [-0.2, -0.15) is 0 Å². The number of ether oxygens (including phenoxy) is 1. The number of nitrogens with zero attached hydrogens (tertiary/aromatic N) is 1. The summed E-state index contributed by atoms with van der Waals surface area (Å²) in [5.41, 5.74) is 2.15. The molecule has 0 saturated carbocycles. The van der Waals surface area contributed by atoms with E-state index >= 15 is 0 Å². The third kappa shape index (κ3) is 3.64. The third-order valence-corrected chi connectivity index (χ3v) is 4.11. The monoisotopic (exact) mass is 340 g/mol. The Balaban J connectivity index is 1.93. The number of benzene rings is 1. The maximum Gasteiger partial charge on any atom is 0.289 e. The van der Waals surface area contributed by atoms with Gasteiger partial charge in [-0.15, -0.1) is 0 Å². The molecule has 1 aromatic carbocycles. The Hall–Kier alpha value is -2.86. The molecule has 6 nitrogen and oxygen atoms in total. The Labute approximate surface area is 145 Å². The zero-order chi connectivity index (χ0) is 17.8. The van der Waals surface area contributed by atoms with E-state index in [1.165, 1.54) is 6.26 Å². The average Bonchev–Trinajstić information content (AvgIpc) is 3.14. The van der Waals surface area contributed by atoms with Crippen molar-refractivity contribution in [2.75, 3.05) is 20.3 Å². The van der Waals surface area contributed by atoms with Crippen LogP contribution in [-0.4, -0.2) is 36.1 Å². The van der Waals surface area contributed by atoms with Gasteiger partial charge in [-0.25, -0.2) is 0 Å². The predicted molar refractivity (Wildman–Crippen MR) is 94.6 cm³/mol. The van der Waals surface area contributed by atoms with Gasteiger partial charge in [0.2, 0.25) is 0 Å². The number of fused-ring (bicyclic) bond motifs is 1. The van der Waals surface area contributed by atoms with Gasteiger partial charge in [0.25, 0.3) is 11.5 Å². The smallest absolute Gasteiger partial charge is 0.289 e. The number of carbonyl (C=O) groups is 1. The van der Waals surface area contributed by atoms with Gasteiger partial charge >= 0.3 is 0 Å². The number of para-hydroxylation sites is 1. The second-order valence-electron chi connectivity index (χ2n) is 5.86. The Morgan fingerprint density at radius 1 is 1.28 bits per heavy atom. The number of methoxy groups -OCH3 is 1. The molecule has 130 valence electrons. The van der Waals surface area contributed by atoms with Crippen LogP contribution < -0.4 is 5.56 Å². The second kappa shape index (κ2) is 7.36. The number of H-pyrrole nitrogens is 1. The highest BCUT2D eigenvalue weighted by molar-refractivity contribution is 5.91. The number of aromatic amines is 1. The Morgan fingerprint density at radius 3 is 2.84 bits per heavy atom. The molecule has 25 heavy (non-hydrogen) atoms. The fourth-order valence-electron chi connectivity index (χ4n) is 2.76. The summed E-state index contributed by atoms with van der Waals surface area (Å²) in [5, 5.41) is 0.937. The van der Waals surface area contributed by atoms with Crippen molar-refractivity contribution >= 4 is 16.8 Å². The van der Waals surface area contributed by atoms with Crippen LogP contribution in [0.3, 0.4) is 0 Å². The molecule has 0 unspecified atom stereocenters. The normalized spacial score (nSPS) is 11.0. The highest BCUT2D eigenvalue weighted by Crippen LogP contribution is 2.16. The zero-order valence-corrected chi connectivity index (χ0v) is 14.2. The van der Waals surface area contributed by atoms with E-state index in [0.29, 0.717) is 18.7 Å². The van der Waals surface area contributed by atoms with Crippen molar-refractivity contribution in [1.29, 1.82) is 0 Å². The van der Waals surface area contributed by atoms with E-state index in [-0.39, 0.29) is 23.8 Å². The first-order valence-electron chi connectivity index (χ1n) is 8.03. The van der Waals surface area contributed by atoms with E-state index in [0.717, 1.165) is 16.5 Å². The number of furan rings is 1. The largest absolute Gasteiger partial charge is 0.459 e. The SMILES string of the molecule is COCCN(Cc1cc2cccc(C)c2[nH]c1=O)C(=O)c1ccco1. The van der Waals surface area contributed by atoms with Crippen LogP contribution in [0, 0.1) is 6.92 Å². The summed E-state index contributed by atoms with van der Waals surface area (Å²) in [6.07, 6.45) is 1.45. The molecule has 3 rings (SSSR count). The van der Waals surface area contributed by atoms with E-state index in [1.54, 1.807) is 24.1 Å². The summed E-state index contributed by atoms with van der Waals surface area (Å²) in [4.78, 5) is 29.5. The van der Waals surface area contributed by atoms with Crippen LogP contribution in [0.2, 0.25) is 0 Å². The quantitative estimate of drug-likeness (QED) is 0.749. The number of hydrogen-bond donors (Lipinski definition) is 1. The maximum absolute atomic E-state index is 12.6. The number of aryl methyl sites for hydroxylation is 1. The molecule has 0 saturated heterocycles. The average molecular weight is 340 g/mol. The van der Waals surface area contributed by atoms with Crippen molar-refractivity contribution in [3.63, 3.8) is 0 Å². The molecule has 0 spiro atoms. The summed E-state index contributed by atoms with van der Waals surface area (Å²) >= 11 is 0. The van der Waals surface area contributed by atoms with Crippen LogP contribution in [0.15, 0.2) is 51.9 Å². The van der Waals surface area contributed by atoms with Crippen LogP contribution in [0.4, 0.5) is 0 Å². The third-order valence-electron chi connectivity index (χ3n) is 4.11. The van der Waals surface area contributed by atoms with Crippen LogP contribution in [0.25, 0.3) is 10.9 Å². The van der Waals surface area contributed by atoms with Crippen molar-refractivity contribution in [3.05, 3.63) is 69.9 Å². The standard InChI is InChI=1S/C19H20N2O4/c1-13-5-3-6-14-11-15(18(22)20-17(13)14)12-21(8-10-24-2)19(23)16-7-4-9-25-16/h3-7,9,11H,8,10,12H2,1-2H3,(H,20,22). The van der Waals surface area contributed by atoms with E-state index in [2.05, 4.69) is 4.98 Å². The maximum atomic E-state index is 12.6. The van der Waals surface area contributed by atoms with E-state index < -0.39 is 0 Å². The number of rotatable bonds is 6. The van der Waals surface area contributed by atoms with Gasteiger partial charge in [-0.3, -0.25) is 9.59 Å². The molecule has 3 aromatic rings. The van der Waals surface area contributed by atoms with Gasteiger partial charge in [0.1, 0.15) is 0 Å². The second-order valence-corrected chi connectivity index (χ2v) is 5.86. The fourth-order valence-corrected chi connectivity index (χ4v) is 2.76. The molecule has 0 aliphatic carbocycles. The van der Waals surface area contributed by atoms with Crippen LogP contribution in [0.5, 0.6) is 0 Å². The molecule has 0 bridgehead atoms. The lowest BCUT2D eigenvalue weighted by atomic mass is 10.1. The fraction of sp³-hybridized carbons (Fsp3) is 0.263. The highest BCUT2D eigenvalue weighted by atomic mass is 16.5. The molecular weight excluding hydrogens is 320 g/mol. The van der Waals surface area contributed by atoms with Crippen LogP contribution in [0.1, 0.15) is 21.7 Å². The summed E-state index contributed by atoms with van der Waals surface area (Å²) in [5.74, 6) is -0.0324. The van der Waals surface area contributed by atoms with Crippen LogP contribution in [-0.2, 0) is 11.3 Å². The Bertz CT molecular complexity index is 928. The summed E-state index contributed by atoms with van der Waals surface area (Å²) in [6.45, 7) is 2.86. The minimum absolute atomic E-state index is 0.183. The van der Waals surface area contributed by atoms with Crippen molar-refractivity contribution < 1.29 is 13.9 Å². The summed E-state index contributed by atoms with van der Waals surface area (Å²) in [6, 6.07) is 10.9. The molecule has 0 fully saturated rings. The van der Waals surface area contributed by atoms with Gasteiger partial charge in [-0.05, 0) is 36.1 Å². The molecule has 0 radical (unpaired) electrons. The van der Waals surface area contributed by atoms with Gasteiger partial charge in [-0.1, -0.05) is 18.2 Å². The van der Waals surface area contributed by atoms with Crippen molar-refractivity contribution in [2.45, 2.75) is 13.5 Å². The molecule has 2 aromatic heterocycles. The van der Waals surface area contributed by atoms with Crippen molar-refractivity contribution in [1.82, 2.24) is 9.88 Å². The number of aromatic nitrogens is 1. The van der Waals surface area contributed by atoms with Gasteiger partial charge in [0.05, 0.1) is 24.9 Å². The predicted octanol–water partition coefficient (Wildman–Crippen LogP) is 2.72. The topological polar surface area (TPSA) is 75.5 Å². The molecular formula is C19H20N2O4. The molecule has 0 atom stereocenters. The van der Waals surface area contributed by atoms with E-state index in [4.69, 9.17) is 9.15 Å². The first-order chi connectivity index (χ1) is 12.1. The van der Waals surface area contributed by atoms with Crippen LogP contribution >= 0.6 is 0 Å². The first-order valence-corrected chi connectivity index (χ1v) is 8.03. The minimum Gasteiger partial charge on any atom is -0.459 e. The molecule has 6 heteroatoms. The van der Waals surface area contributed by atoms with E-state index in [1.807, 2.05) is 31.2 Å². The van der Waals surface area contributed by atoms with Crippen molar-refractivity contribution in [3.8, 4) is 0 Å². The number of carbonyl (C=O) groups excluding carboxylic acids is 1. The number of pyridine rings is 1. The number of hydrogen-bond acceptors (Lipinski definition) is 4. The van der Waals surface area contributed by atoms with Crippen molar-refractivity contribution in [2.24, 2.45) is 0 Å². The zero-order valence-electron chi connectivity index (χ0n) is 14.2. The lowest BCUT2D eigenvalue weighted by Crippen LogP contribution is -2.35. The Kier molecular flexibility index (Phi) is 5.00. The first kappa shape index (κ1) is 17.0. The van der Waals surface area contributed by atoms with E-state index in [9.17, 15) is 9.59 Å². The molecule has 0 aliphatic rings. The van der Waals surface area contributed by atoms with Gasteiger partial charge < -0.3 is 19.0 Å². The lowest BCUT2D eigenvalue weighted by Gasteiger charge is -2.21. The minimum atomic E-state index is -0.272. The molecule has 1 N–H and O–H groups in total. The molecule has 2 heterocycles. The highest BCUT2D eigenvalue weighted by Gasteiger charge is 2.20. The molecule has 0 aliphatic heterocycles.